The van der Waals surface area contributed by atoms with E-state index >= 15 is 0 Å². The zero-order chi connectivity index (χ0) is 19.2. The smallest absolute Gasteiger partial charge is 0.349 e. The predicted octanol–water partition coefficient (Wildman–Crippen LogP) is 2.98. The quantitative estimate of drug-likeness (QED) is 0.435. The van der Waals surface area contributed by atoms with Crippen molar-refractivity contribution in [3.8, 4) is 0 Å². The molecule has 0 saturated carbocycles. The molecular weight excluding hydrogens is 382 g/mol. The molecule has 2 aromatic rings. The van der Waals surface area contributed by atoms with E-state index in [-0.39, 0.29) is 12.2 Å². The lowest BCUT2D eigenvalue weighted by molar-refractivity contribution is -0.909. The molecule has 2 aliphatic heterocycles. The van der Waals surface area contributed by atoms with E-state index < -0.39 is 11.6 Å². The molecule has 0 aliphatic carbocycles. The molecule has 0 amide bonds. The van der Waals surface area contributed by atoms with Crippen molar-refractivity contribution in [1.82, 2.24) is 0 Å². The summed E-state index contributed by atoms with van der Waals surface area (Å²) >= 11 is 2.73. The number of ether oxygens (including phenoxy) is 2. The van der Waals surface area contributed by atoms with Gasteiger partial charge in [-0.15, -0.1) is 22.7 Å². The Balaban J connectivity index is 1.53. The molecular formula is C20H26NO4S2+. The number of carbonyl (C=O) groups excluding carboxylic acids is 1. The van der Waals surface area contributed by atoms with Gasteiger partial charge in [-0.05, 0) is 29.3 Å². The molecule has 1 N–H and O–H groups in total. The molecule has 4 rings (SSSR count). The van der Waals surface area contributed by atoms with E-state index in [1.165, 1.54) is 22.7 Å². The summed E-state index contributed by atoms with van der Waals surface area (Å²) in [6.07, 6.45) is 1.86. The zero-order valence-corrected chi connectivity index (χ0v) is 17.5. The maximum atomic E-state index is 13.2. The lowest BCUT2D eigenvalue weighted by Gasteiger charge is -2.35. The molecule has 0 radical (unpaired) electrons. The third kappa shape index (κ3) is 3.36. The van der Waals surface area contributed by atoms with Crippen molar-refractivity contribution in [2.24, 2.45) is 0 Å². The van der Waals surface area contributed by atoms with E-state index in [1.807, 2.05) is 29.8 Å². The minimum absolute atomic E-state index is 0.241. The Bertz CT molecular complexity index is 753. The fourth-order valence-electron chi connectivity index (χ4n) is 4.15. The molecule has 2 fully saturated rings. The van der Waals surface area contributed by atoms with Crippen LogP contribution in [0.5, 0.6) is 0 Å². The highest BCUT2D eigenvalue weighted by Crippen LogP contribution is 2.42. The van der Waals surface area contributed by atoms with Crippen molar-refractivity contribution in [2.75, 3.05) is 20.6 Å². The zero-order valence-electron chi connectivity index (χ0n) is 15.8. The summed E-state index contributed by atoms with van der Waals surface area (Å²) in [5.74, 6) is -0.587. The van der Waals surface area contributed by atoms with Crippen LogP contribution in [0.3, 0.4) is 0 Å². The van der Waals surface area contributed by atoms with Gasteiger partial charge < -0.3 is 19.1 Å². The Hall–Kier alpha value is -1.25. The van der Waals surface area contributed by atoms with Crippen molar-refractivity contribution in [1.29, 1.82) is 0 Å². The first-order valence-electron chi connectivity index (χ1n) is 9.35. The van der Waals surface area contributed by atoms with Crippen LogP contribution in [0.2, 0.25) is 0 Å². The van der Waals surface area contributed by atoms with Crippen LogP contribution in [0.15, 0.2) is 35.0 Å². The highest BCUT2D eigenvalue weighted by Gasteiger charge is 2.61. The Morgan fingerprint density at radius 1 is 1.33 bits per heavy atom. The molecule has 4 heterocycles. The summed E-state index contributed by atoms with van der Waals surface area (Å²) in [5.41, 5.74) is -1.74. The van der Waals surface area contributed by atoms with E-state index in [0.29, 0.717) is 28.3 Å². The van der Waals surface area contributed by atoms with Crippen LogP contribution >= 0.6 is 22.7 Å². The number of nitrogens with zero attached hydrogens (tertiary/aromatic N) is 1. The fourth-order valence-corrected chi connectivity index (χ4v) is 5.87. The number of esters is 1. The fraction of sp³-hybridized carbons (Fsp3) is 0.550. The molecule has 2 aromatic heterocycles. The number of morpholine rings is 1. The average Bonchev–Trinajstić information content (AvgIpc) is 3.11. The monoisotopic (exact) mass is 408 g/mol. The van der Waals surface area contributed by atoms with Crippen molar-refractivity contribution in [3.05, 3.63) is 44.8 Å². The van der Waals surface area contributed by atoms with E-state index in [4.69, 9.17) is 9.47 Å². The minimum Gasteiger partial charge on any atom is -0.459 e. The molecule has 0 spiro atoms. The minimum atomic E-state index is -1.74. The van der Waals surface area contributed by atoms with E-state index in [9.17, 15) is 9.90 Å². The van der Waals surface area contributed by atoms with Crippen LogP contribution in [0, 0.1) is 0 Å². The molecule has 7 heteroatoms. The summed E-state index contributed by atoms with van der Waals surface area (Å²) in [6, 6.07) is 7.57. The van der Waals surface area contributed by atoms with Gasteiger partial charge in [-0.3, -0.25) is 0 Å². The summed E-state index contributed by atoms with van der Waals surface area (Å²) in [4.78, 5) is 14.3. The van der Waals surface area contributed by atoms with Crippen molar-refractivity contribution < 1.29 is 23.9 Å². The topological polar surface area (TPSA) is 59.1 Å². The third-order valence-electron chi connectivity index (χ3n) is 5.83. The van der Waals surface area contributed by atoms with Crippen LogP contribution in [-0.2, 0) is 19.9 Å². The Labute approximate surface area is 167 Å². The molecule has 0 aromatic carbocycles. The van der Waals surface area contributed by atoms with Crippen LogP contribution in [0.25, 0.3) is 0 Å². The molecule has 2 saturated heterocycles. The first-order valence-corrected chi connectivity index (χ1v) is 11.1. The molecule has 146 valence electrons. The standard InChI is InChI=1S/C20H26NO4S2/c1-4-13(11-14-18-15(25-18)12-21(14,2)3)24-19(22)20(23,16-7-5-9-26-16)17-8-6-10-27-17/h5-10,13-15,18,23H,4,11-12H2,1-3H3/q+1/t13-,14?,15-,18?/m1/s1. The number of quaternary nitrogens is 1. The first-order chi connectivity index (χ1) is 12.9. The normalized spacial score (nSPS) is 27.2. The molecule has 4 atom stereocenters. The number of epoxide rings is 1. The molecule has 2 aliphatic rings. The van der Waals surface area contributed by atoms with Crippen molar-refractivity contribution in [3.63, 3.8) is 0 Å². The second kappa shape index (κ2) is 6.97. The average molecular weight is 409 g/mol. The van der Waals surface area contributed by atoms with Crippen molar-refractivity contribution >= 4 is 28.6 Å². The van der Waals surface area contributed by atoms with Crippen LogP contribution in [0.1, 0.15) is 29.5 Å². The summed E-state index contributed by atoms with van der Waals surface area (Å²) in [7, 11) is 4.42. The SMILES string of the molecule is CC[C@H](CC1C2O[C@@H]2C[N+]1(C)C)OC(=O)C(O)(c1cccs1)c1cccs1. The van der Waals surface area contributed by atoms with Gasteiger partial charge in [0.2, 0.25) is 5.60 Å². The van der Waals surface area contributed by atoms with Gasteiger partial charge >= 0.3 is 5.97 Å². The number of carbonyl (C=O) groups is 1. The maximum Gasteiger partial charge on any atom is 0.349 e. The van der Waals surface area contributed by atoms with Gasteiger partial charge in [0.05, 0.1) is 23.8 Å². The Morgan fingerprint density at radius 2 is 1.96 bits per heavy atom. The number of hydrogen-bond donors (Lipinski definition) is 1. The third-order valence-corrected chi connectivity index (χ3v) is 7.79. The number of fused-ring (bicyclic) bond motifs is 1. The maximum absolute atomic E-state index is 13.2. The summed E-state index contributed by atoms with van der Waals surface area (Å²) in [5, 5.41) is 15.1. The van der Waals surface area contributed by atoms with Gasteiger partial charge in [0.1, 0.15) is 30.9 Å². The number of aliphatic hydroxyl groups is 1. The molecule has 27 heavy (non-hydrogen) atoms. The Morgan fingerprint density at radius 3 is 2.41 bits per heavy atom. The van der Waals surface area contributed by atoms with E-state index in [0.717, 1.165) is 17.4 Å². The van der Waals surface area contributed by atoms with Gasteiger partial charge in [0, 0.05) is 6.42 Å². The van der Waals surface area contributed by atoms with Crippen LogP contribution in [0.4, 0.5) is 0 Å². The molecule has 5 nitrogen and oxygen atoms in total. The number of likely N-dealkylation sites (N-methyl/N-ethyl adjacent to an activating group) is 1. The number of thiophene rings is 2. The lowest BCUT2D eigenvalue weighted by Crippen LogP contribution is -2.50. The van der Waals surface area contributed by atoms with Crippen LogP contribution in [-0.4, -0.2) is 60.6 Å². The van der Waals surface area contributed by atoms with Gasteiger partial charge in [-0.25, -0.2) is 4.79 Å². The van der Waals surface area contributed by atoms with Gasteiger partial charge in [0.15, 0.2) is 0 Å². The highest BCUT2D eigenvalue weighted by atomic mass is 32.1. The largest absolute Gasteiger partial charge is 0.459 e. The second-order valence-electron chi connectivity index (χ2n) is 8.00. The molecule has 0 bridgehead atoms. The number of hydrogen-bond acceptors (Lipinski definition) is 6. The number of likely N-dealkylation sites (tertiary alicyclic amines) is 1. The first kappa shape index (κ1) is 19.1. The summed E-state index contributed by atoms with van der Waals surface area (Å²) in [6.45, 7) is 3.03. The Kier molecular flexibility index (Phi) is 4.93. The van der Waals surface area contributed by atoms with Crippen LogP contribution < -0.4 is 0 Å². The predicted molar refractivity (Wildman–Crippen MR) is 106 cm³/mol. The molecule has 2 unspecified atom stereocenters. The number of rotatable bonds is 7. The van der Waals surface area contributed by atoms with Gasteiger partial charge in [0.25, 0.3) is 0 Å². The highest BCUT2D eigenvalue weighted by molar-refractivity contribution is 7.12. The van der Waals surface area contributed by atoms with Gasteiger partial charge in [-0.2, -0.15) is 0 Å². The van der Waals surface area contributed by atoms with E-state index in [2.05, 4.69) is 14.1 Å². The van der Waals surface area contributed by atoms with Gasteiger partial charge in [-0.1, -0.05) is 19.1 Å². The van der Waals surface area contributed by atoms with Crippen molar-refractivity contribution in [2.45, 2.75) is 49.7 Å². The summed E-state index contributed by atoms with van der Waals surface area (Å²) < 4.78 is 12.5. The van der Waals surface area contributed by atoms with E-state index in [1.54, 1.807) is 12.1 Å². The second-order valence-corrected chi connectivity index (χ2v) is 9.90. The lowest BCUT2D eigenvalue weighted by atomic mass is 9.99.